The maximum atomic E-state index is 17.5. The molecule has 3 aromatic heterocycles. The fourth-order valence-corrected chi connectivity index (χ4v) is 15.4. The maximum Gasteiger partial charge on any atom is 0.417 e. The van der Waals surface area contributed by atoms with E-state index in [0.29, 0.717) is 58.0 Å². The van der Waals surface area contributed by atoms with Crippen LogP contribution in [0, 0.1) is 30.9 Å². The lowest BCUT2D eigenvalue weighted by Crippen LogP contribution is -2.64. The molecule has 474 valence electrons. The van der Waals surface area contributed by atoms with Crippen LogP contribution in [0.5, 0.6) is 6.01 Å². The highest BCUT2D eigenvalue weighted by Crippen LogP contribution is 2.48. The van der Waals surface area contributed by atoms with Crippen molar-refractivity contribution in [1.29, 1.82) is 0 Å². The average Bonchev–Trinajstić information content (AvgIpc) is 1.71. The van der Waals surface area contributed by atoms with Crippen LogP contribution >= 0.6 is 11.3 Å². The largest absolute Gasteiger partial charge is 0.461 e. The number of pyridine rings is 1. The van der Waals surface area contributed by atoms with Gasteiger partial charge in [-0.15, -0.1) is 11.3 Å². The lowest BCUT2D eigenvalue weighted by molar-refractivity contribution is -0.144. The lowest BCUT2D eigenvalue weighted by Gasteiger charge is -2.49. The number of aliphatic hydroxyl groups is 1. The van der Waals surface area contributed by atoms with Crippen LogP contribution in [0.1, 0.15) is 139 Å². The zero-order chi connectivity index (χ0) is 62.9. The van der Waals surface area contributed by atoms with Crippen molar-refractivity contribution in [2.24, 2.45) is 5.41 Å². The van der Waals surface area contributed by atoms with Gasteiger partial charge in [0, 0.05) is 50.5 Å². The number of β-amino-alcohol motifs (C(OH)–C–C–N with tert-alkyl or cyclic N) is 1. The number of halogens is 6. The van der Waals surface area contributed by atoms with Gasteiger partial charge >= 0.3 is 12.2 Å². The second-order valence-corrected chi connectivity index (χ2v) is 27.0. The average molecular weight is 1250 g/mol. The summed E-state index contributed by atoms with van der Waals surface area (Å²) in [6.07, 6.45) is -1.86. The topological polar surface area (TPSA) is 224 Å². The highest BCUT2D eigenvalue weighted by Gasteiger charge is 2.52. The predicted octanol–water partition coefficient (Wildman–Crippen LogP) is 8.67. The second kappa shape index (κ2) is 24.6. The molecule has 2 bridgehead atoms. The standard InChI is InChI=1S/C63H78F6N12O6S/c1-32-49(63(67,68)69)41(25-42(70)50(32)65)52-51(66)53-48-43(74-52)12-10-13-44-45-20-19-39(28-79(44)56(48)77-60(76-53)87-30-62-21-11-23-78(62)27-38(64)26-62)81(45)58(85)35(4)71-22-9-8-14-47(83)75-55(61(5,6)7)59(86)80-29-40(82)24-46(80)57(84)73-33(2)36-15-17-37(18-16-36)54-34(3)72-31-88-54/h15-18,25,31,33,35,38-40,44-46,55,71,82H,8-14,19-24,26-30,70H2,1-7H3,(H,73,84)(H,75,83)/t33-,35-,38+,39+,40+,44+,45-,46-,55+,62-/m0/s1. The summed E-state index contributed by atoms with van der Waals surface area (Å²) in [6.45, 7) is 13.6. The van der Waals surface area contributed by atoms with Gasteiger partial charge in [-0.3, -0.25) is 24.1 Å². The molecule has 6 aliphatic rings. The minimum Gasteiger partial charge on any atom is -0.461 e. The zero-order valence-corrected chi connectivity index (χ0v) is 51.5. The molecular weight excluding hydrogens is 1170 g/mol. The number of hydrogen-bond donors (Lipinski definition) is 5. The maximum absolute atomic E-state index is 17.5. The molecule has 9 heterocycles. The molecule has 18 nitrogen and oxygen atoms in total. The van der Waals surface area contributed by atoms with Crippen LogP contribution in [0.3, 0.4) is 0 Å². The highest BCUT2D eigenvalue weighted by molar-refractivity contribution is 7.13. The number of carbonyl (C=O) groups excluding carboxylic acids is 4. The van der Waals surface area contributed by atoms with Gasteiger partial charge in [-0.25, -0.2) is 23.1 Å². The molecule has 0 radical (unpaired) electrons. The van der Waals surface area contributed by atoms with E-state index >= 15 is 8.78 Å². The molecule has 0 spiro atoms. The van der Waals surface area contributed by atoms with E-state index in [1.165, 1.54) is 4.90 Å². The molecule has 0 unspecified atom stereocenters. The number of aryl methyl sites for hydroxylation is 2. The molecule has 10 atom stereocenters. The van der Waals surface area contributed by atoms with Crippen molar-refractivity contribution in [3.05, 3.63) is 75.6 Å². The Labute approximate surface area is 511 Å². The molecule has 6 N–H and O–H groups in total. The van der Waals surface area contributed by atoms with E-state index in [2.05, 4.69) is 30.9 Å². The number of aliphatic hydroxyl groups excluding tert-OH is 1. The fourth-order valence-electron chi connectivity index (χ4n) is 14.6. The first-order chi connectivity index (χ1) is 41.7. The van der Waals surface area contributed by atoms with Crippen molar-refractivity contribution >= 4 is 57.4 Å². The Hall–Kier alpha value is -6.70. The number of nitrogens with zero attached hydrogens (tertiary/aromatic N) is 8. The summed E-state index contributed by atoms with van der Waals surface area (Å²) in [5.74, 6) is -3.54. The monoisotopic (exact) mass is 1240 g/mol. The Kier molecular flexibility index (Phi) is 17.6. The summed E-state index contributed by atoms with van der Waals surface area (Å²) >= 11 is 1.55. The first-order valence-corrected chi connectivity index (χ1v) is 31.6. The number of carbonyl (C=O) groups is 4. The molecule has 0 aliphatic carbocycles. The molecular formula is C63H78F6N12O6S. The van der Waals surface area contributed by atoms with Gasteiger partial charge in [-0.1, -0.05) is 45.0 Å². The number of aromatic nitrogens is 4. The van der Waals surface area contributed by atoms with Gasteiger partial charge in [0.25, 0.3) is 0 Å². The van der Waals surface area contributed by atoms with E-state index in [1.807, 2.05) is 73.6 Å². The Morgan fingerprint density at radius 3 is 2.41 bits per heavy atom. The number of alkyl halides is 4. The number of nitrogens with two attached hydrogens (primary N) is 1. The molecule has 5 fully saturated rings. The van der Waals surface area contributed by atoms with E-state index in [4.69, 9.17) is 15.5 Å². The van der Waals surface area contributed by atoms with Crippen molar-refractivity contribution in [2.45, 2.75) is 192 Å². The van der Waals surface area contributed by atoms with E-state index in [-0.39, 0.29) is 110 Å². The third-order valence-electron chi connectivity index (χ3n) is 19.1. The normalized spacial score (nSPS) is 24.6. The van der Waals surface area contributed by atoms with Gasteiger partial charge < -0.3 is 46.2 Å². The molecule has 0 saturated carbocycles. The quantitative estimate of drug-likeness (QED) is 0.0334. The number of nitrogens with one attached hydrogen (secondary N) is 3. The van der Waals surface area contributed by atoms with Gasteiger partial charge in [0.15, 0.2) is 5.82 Å². The van der Waals surface area contributed by atoms with Gasteiger partial charge in [-0.2, -0.15) is 23.1 Å². The molecule has 5 aromatic rings. The van der Waals surface area contributed by atoms with Crippen LogP contribution in [0.4, 0.5) is 37.8 Å². The summed E-state index contributed by atoms with van der Waals surface area (Å²) in [6, 6.07) is 4.48. The fraction of sp³-hybridized carbons (Fsp3) is 0.587. The summed E-state index contributed by atoms with van der Waals surface area (Å²) in [5, 5.41) is 20.3. The Morgan fingerprint density at radius 2 is 1.69 bits per heavy atom. The van der Waals surface area contributed by atoms with Gasteiger partial charge in [-0.05, 0) is 127 Å². The third-order valence-corrected chi connectivity index (χ3v) is 20.0. The first-order valence-electron chi connectivity index (χ1n) is 30.7. The Morgan fingerprint density at radius 1 is 0.932 bits per heavy atom. The number of anilines is 2. The number of likely N-dealkylation sites (tertiary alicyclic amines) is 1. The molecule has 11 rings (SSSR count). The Balaban J connectivity index is 0.742. The van der Waals surface area contributed by atoms with E-state index in [0.717, 1.165) is 41.1 Å². The van der Waals surface area contributed by atoms with Crippen LogP contribution in [-0.2, 0) is 31.8 Å². The van der Waals surface area contributed by atoms with Gasteiger partial charge in [0.2, 0.25) is 23.6 Å². The third kappa shape index (κ3) is 12.1. The van der Waals surface area contributed by atoms with Gasteiger partial charge in [0.05, 0.1) is 74.2 Å². The number of thiazole rings is 1. The van der Waals surface area contributed by atoms with Gasteiger partial charge in [0.1, 0.15) is 47.7 Å². The molecule has 5 saturated heterocycles. The van der Waals surface area contributed by atoms with Crippen molar-refractivity contribution in [3.63, 3.8) is 0 Å². The smallest absolute Gasteiger partial charge is 0.417 e. The number of rotatable bonds is 17. The first kappa shape index (κ1) is 62.9. The van der Waals surface area contributed by atoms with E-state index < -0.39 is 105 Å². The number of hydrogen-bond acceptors (Lipinski definition) is 15. The van der Waals surface area contributed by atoms with Crippen molar-refractivity contribution in [2.75, 3.05) is 50.0 Å². The molecule has 88 heavy (non-hydrogen) atoms. The van der Waals surface area contributed by atoms with Crippen LogP contribution in [0.15, 0.2) is 35.8 Å². The van der Waals surface area contributed by atoms with Crippen LogP contribution < -0.4 is 31.3 Å². The number of piperazine rings is 1. The second-order valence-electron chi connectivity index (χ2n) is 26.1. The van der Waals surface area contributed by atoms with Crippen LogP contribution in [-0.4, -0.2) is 157 Å². The van der Waals surface area contributed by atoms with Crippen molar-refractivity contribution in [1.82, 2.24) is 50.6 Å². The van der Waals surface area contributed by atoms with E-state index in [1.54, 1.807) is 23.8 Å². The van der Waals surface area contributed by atoms with E-state index in [9.17, 15) is 41.8 Å². The lowest BCUT2D eigenvalue weighted by atomic mass is 9.85. The SMILES string of the molecule is Cc1ncsc1-c1ccc([C@H](C)NC(=O)[C@@H]2C[C@@H](O)CN2C(=O)[C@@H](NC(=O)CCCCN[C@@H](C)C(=O)N2[C@@H]3CC[C@H]2[C@H]2CCCc4nc(-c5cc(N)c(F)c(C)c5C(F)(F)F)c(F)c5nc(OC[C@@]67CCCN6C[C@H](F)C7)nc(c45)N2C3)C(C)(C)C)cc1. The number of nitrogen functional groups attached to an aromatic ring is 1. The number of unbranched alkanes of at least 4 members (excludes halogenated alkanes) is 1. The molecule has 6 aliphatic heterocycles. The number of amides is 4. The molecule has 2 aromatic carbocycles. The summed E-state index contributed by atoms with van der Waals surface area (Å²) < 4.78 is 98.3. The summed E-state index contributed by atoms with van der Waals surface area (Å²) in [4.78, 5) is 83.3. The highest BCUT2D eigenvalue weighted by atomic mass is 32.1. The predicted molar refractivity (Wildman–Crippen MR) is 321 cm³/mol. The summed E-state index contributed by atoms with van der Waals surface area (Å²) in [5.41, 5.74) is 4.79. The molecule has 25 heteroatoms. The van der Waals surface area contributed by atoms with Crippen molar-refractivity contribution in [3.8, 4) is 27.7 Å². The van der Waals surface area contributed by atoms with Crippen LogP contribution in [0.2, 0.25) is 0 Å². The number of benzene rings is 2. The minimum atomic E-state index is -5.11. The molecule has 4 amide bonds. The summed E-state index contributed by atoms with van der Waals surface area (Å²) in [7, 11) is 0. The number of fused-ring (bicyclic) bond motifs is 6. The van der Waals surface area contributed by atoms with Crippen molar-refractivity contribution < 1.29 is 55.4 Å². The minimum absolute atomic E-state index is 0.00833. The zero-order valence-electron chi connectivity index (χ0n) is 50.7. The Bertz CT molecular complexity index is 3500. The van der Waals surface area contributed by atoms with Crippen LogP contribution in [0.25, 0.3) is 32.6 Å². The number of ether oxygens (including phenoxy) is 1.